The first kappa shape index (κ1) is 13.5. The third kappa shape index (κ3) is 3.08. The largest absolute Gasteiger partial charge is 0.481 e. The number of carbonyl (C=O) groups is 2. The number of hydrogen-bond acceptors (Lipinski definition) is 4. The van der Waals surface area contributed by atoms with Gasteiger partial charge in [0.1, 0.15) is 0 Å². The fourth-order valence-electron chi connectivity index (χ4n) is 2.45. The van der Waals surface area contributed by atoms with E-state index in [4.69, 9.17) is 10.8 Å². The van der Waals surface area contributed by atoms with Crippen molar-refractivity contribution in [2.45, 2.75) is 31.3 Å². The fraction of sp³-hybridized carbons (Fsp3) is 0.462. The molecular weight excluding hydrogens is 246 g/mol. The molecular formula is C13H17N3O3. The Kier molecular flexibility index (Phi) is 4.11. The Labute approximate surface area is 111 Å². The number of carbonyl (C=O) groups excluding carboxylic acids is 1. The highest BCUT2D eigenvalue weighted by atomic mass is 16.4. The van der Waals surface area contributed by atoms with Gasteiger partial charge in [0.25, 0.3) is 0 Å². The molecule has 6 nitrogen and oxygen atoms in total. The number of amides is 1. The number of hydrogen-bond donors (Lipinski definition) is 2. The van der Waals surface area contributed by atoms with Gasteiger partial charge >= 0.3 is 5.97 Å². The maximum atomic E-state index is 12.2. The van der Waals surface area contributed by atoms with Gasteiger partial charge in [0, 0.05) is 18.9 Å². The third-order valence-corrected chi connectivity index (χ3v) is 3.34. The lowest BCUT2D eigenvalue weighted by molar-refractivity contribution is -0.142. The van der Waals surface area contributed by atoms with Crippen LogP contribution in [0, 0.1) is 0 Å². The van der Waals surface area contributed by atoms with Gasteiger partial charge in [-0.15, -0.1) is 0 Å². The number of pyridine rings is 1. The van der Waals surface area contributed by atoms with E-state index in [1.165, 1.54) is 0 Å². The molecule has 1 saturated heterocycles. The minimum atomic E-state index is -1.06. The Morgan fingerprint density at radius 2 is 2.16 bits per heavy atom. The smallest absolute Gasteiger partial charge is 0.305 e. The first-order valence-corrected chi connectivity index (χ1v) is 6.27. The third-order valence-electron chi connectivity index (χ3n) is 3.34. The molecule has 2 heterocycles. The summed E-state index contributed by atoms with van der Waals surface area (Å²) >= 11 is 0. The van der Waals surface area contributed by atoms with Crippen molar-refractivity contribution < 1.29 is 14.7 Å². The van der Waals surface area contributed by atoms with Crippen LogP contribution in [0.2, 0.25) is 0 Å². The molecule has 102 valence electrons. The van der Waals surface area contributed by atoms with Gasteiger partial charge in [-0.3, -0.25) is 14.6 Å². The van der Waals surface area contributed by atoms with Gasteiger partial charge < -0.3 is 15.7 Å². The summed E-state index contributed by atoms with van der Waals surface area (Å²) in [5.74, 6) is -1.35. The Balaban J connectivity index is 2.11. The molecule has 1 aliphatic heterocycles. The van der Waals surface area contributed by atoms with Gasteiger partial charge in [0.2, 0.25) is 5.91 Å². The summed E-state index contributed by atoms with van der Waals surface area (Å²) in [6, 6.07) is 2.76. The van der Waals surface area contributed by atoms with Crippen molar-refractivity contribution >= 4 is 11.9 Å². The number of likely N-dealkylation sites (tertiary alicyclic amines) is 1. The second-order valence-electron chi connectivity index (χ2n) is 4.67. The van der Waals surface area contributed by atoms with Crippen LogP contribution >= 0.6 is 0 Å². The molecule has 0 aromatic carbocycles. The van der Waals surface area contributed by atoms with E-state index in [0.717, 1.165) is 18.4 Å². The van der Waals surface area contributed by atoms with Crippen molar-refractivity contribution in [2.75, 3.05) is 6.54 Å². The van der Waals surface area contributed by atoms with Crippen molar-refractivity contribution in [1.82, 2.24) is 9.88 Å². The van der Waals surface area contributed by atoms with E-state index in [1.807, 2.05) is 12.1 Å². The monoisotopic (exact) mass is 263 g/mol. The molecule has 1 aromatic heterocycles. The molecule has 1 amide bonds. The van der Waals surface area contributed by atoms with E-state index in [9.17, 15) is 9.59 Å². The first-order valence-electron chi connectivity index (χ1n) is 6.27. The summed E-state index contributed by atoms with van der Waals surface area (Å²) in [4.78, 5) is 28.4. The average molecular weight is 263 g/mol. The van der Waals surface area contributed by atoms with Gasteiger partial charge in [0.15, 0.2) is 0 Å². The predicted molar refractivity (Wildman–Crippen MR) is 68.2 cm³/mol. The Hall–Kier alpha value is -1.95. The van der Waals surface area contributed by atoms with Gasteiger partial charge in [-0.05, 0) is 30.5 Å². The zero-order valence-corrected chi connectivity index (χ0v) is 10.5. The normalized spacial score (nSPS) is 20.3. The number of aliphatic carboxylic acids is 1. The summed E-state index contributed by atoms with van der Waals surface area (Å²) < 4.78 is 0. The Morgan fingerprint density at radius 3 is 2.79 bits per heavy atom. The van der Waals surface area contributed by atoms with Crippen LogP contribution in [0.25, 0.3) is 0 Å². The number of rotatable bonds is 4. The van der Waals surface area contributed by atoms with E-state index in [0.29, 0.717) is 6.54 Å². The van der Waals surface area contributed by atoms with E-state index in [1.54, 1.807) is 17.3 Å². The van der Waals surface area contributed by atoms with Gasteiger partial charge in [-0.2, -0.15) is 0 Å². The minimum absolute atomic E-state index is 0.0182. The highest BCUT2D eigenvalue weighted by molar-refractivity contribution is 5.86. The number of nitrogens with zero attached hydrogens (tertiary/aromatic N) is 2. The molecule has 0 aliphatic carbocycles. The molecule has 19 heavy (non-hydrogen) atoms. The maximum absolute atomic E-state index is 12.2. The molecule has 6 heteroatoms. The van der Waals surface area contributed by atoms with Gasteiger partial charge in [0.05, 0.1) is 18.5 Å². The Morgan fingerprint density at radius 1 is 1.47 bits per heavy atom. The standard InChI is InChI=1S/C13H17N3O3/c14-10(8-12(17)18)13(19)16-7-1-2-11(16)9-3-5-15-6-4-9/h3-6,10-11H,1-2,7-8,14H2,(H,17,18). The number of nitrogens with two attached hydrogens (primary N) is 1. The van der Waals surface area contributed by atoms with Crippen molar-refractivity contribution in [3.63, 3.8) is 0 Å². The lowest BCUT2D eigenvalue weighted by atomic mass is 10.1. The summed E-state index contributed by atoms with van der Waals surface area (Å²) in [5.41, 5.74) is 6.67. The Bertz CT molecular complexity index is 463. The zero-order chi connectivity index (χ0) is 13.8. The van der Waals surface area contributed by atoms with E-state index in [2.05, 4.69) is 4.98 Å². The molecule has 1 aliphatic rings. The highest BCUT2D eigenvalue weighted by Gasteiger charge is 2.33. The van der Waals surface area contributed by atoms with E-state index < -0.39 is 12.0 Å². The van der Waals surface area contributed by atoms with Crippen LogP contribution in [-0.4, -0.2) is 39.5 Å². The molecule has 2 atom stereocenters. The van der Waals surface area contributed by atoms with Crippen molar-refractivity contribution in [2.24, 2.45) is 5.73 Å². The van der Waals surface area contributed by atoms with E-state index in [-0.39, 0.29) is 18.4 Å². The number of carboxylic acids is 1. The van der Waals surface area contributed by atoms with Crippen LogP contribution in [0.1, 0.15) is 30.9 Å². The molecule has 0 saturated carbocycles. The van der Waals surface area contributed by atoms with Crippen molar-refractivity contribution in [3.8, 4) is 0 Å². The molecule has 2 rings (SSSR count). The van der Waals surface area contributed by atoms with Crippen LogP contribution in [0.4, 0.5) is 0 Å². The van der Waals surface area contributed by atoms with Crippen molar-refractivity contribution in [1.29, 1.82) is 0 Å². The van der Waals surface area contributed by atoms with Gasteiger partial charge in [-0.25, -0.2) is 0 Å². The molecule has 0 bridgehead atoms. The molecule has 1 fully saturated rings. The van der Waals surface area contributed by atoms with E-state index >= 15 is 0 Å². The lowest BCUT2D eigenvalue weighted by Crippen LogP contribution is -2.44. The minimum Gasteiger partial charge on any atom is -0.481 e. The van der Waals surface area contributed by atoms with Crippen LogP contribution in [0.5, 0.6) is 0 Å². The summed E-state index contributed by atoms with van der Waals surface area (Å²) in [7, 11) is 0. The average Bonchev–Trinajstić information content (AvgIpc) is 2.87. The lowest BCUT2D eigenvalue weighted by Gasteiger charge is -2.27. The summed E-state index contributed by atoms with van der Waals surface area (Å²) in [5, 5.41) is 8.70. The number of aromatic nitrogens is 1. The van der Waals surface area contributed by atoms with Crippen LogP contribution in [0.15, 0.2) is 24.5 Å². The molecule has 2 unspecified atom stereocenters. The van der Waals surface area contributed by atoms with Crippen LogP contribution in [0.3, 0.4) is 0 Å². The fourth-order valence-corrected chi connectivity index (χ4v) is 2.45. The van der Waals surface area contributed by atoms with Crippen LogP contribution < -0.4 is 5.73 Å². The van der Waals surface area contributed by atoms with Crippen LogP contribution in [-0.2, 0) is 9.59 Å². The van der Waals surface area contributed by atoms with Gasteiger partial charge in [-0.1, -0.05) is 0 Å². The molecule has 0 radical (unpaired) electrons. The predicted octanol–water partition coefficient (Wildman–Crippen LogP) is 0.547. The topological polar surface area (TPSA) is 96.5 Å². The van der Waals surface area contributed by atoms with Crippen molar-refractivity contribution in [3.05, 3.63) is 30.1 Å². The summed E-state index contributed by atoms with van der Waals surface area (Å²) in [6.07, 6.45) is 4.81. The second-order valence-corrected chi connectivity index (χ2v) is 4.67. The number of carboxylic acid groups (broad SMARTS) is 1. The molecule has 0 spiro atoms. The second kappa shape index (κ2) is 5.79. The maximum Gasteiger partial charge on any atom is 0.305 e. The first-order chi connectivity index (χ1) is 9.09. The highest BCUT2D eigenvalue weighted by Crippen LogP contribution is 2.31. The summed E-state index contributed by atoms with van der Waals surface area (Å²) in [6.45, 7) is 0.624. The quantitative estimate of drug-likeness (QED) is 0.826. The SMILES string of the molecule is NC(CC(=O)O)C(=O)N1CCCC1c1ccncc1. The molecule has 1 aromatic rings. The molecule has 3 N–H and O–H groups in total. The zero-order valence-electron chi connectivity index (χ0n) is 10.5.